The highest BCUT2D eigenvalue weighted by Gasteiger charge is 2.40. The maximum absolute atomic E-state index is 11.2. The molecule has 0 aliphatic heterocycles. The molecular formula is C18H28O3. The molecule has 0 saturated heterocycles. The lowest BCUT2D eigenvalue weighted by atomic mass is 9.89. The van der Waals surface area contributed by atoms with Crippen LogP contribution in [0.5, 0.6) is 0 Å². The molecule has 0 aromatic carbocycles. The van der Waals surface area contributed by atoms with E-state index in [9.17, 15) is 4.79 Å². The molecule has 0 aromatic rings. The van der Waals surface area contributed by atoms with E-state index in [0.717, 1.165) is 43.1 Å². The van der Waals surface area contributed by atoms with E-state index in [-0.39, 0.29) is 5.97 Å². The average molecular weight is 292 g/mol. The third-order valence-corrected chi connectivity index (χ3v) is 4.86. The molecule has 2 rings (SSSR count). The van der Waals surface area contributed by atoms with E-state index in [1.54, 1.807) is 6.92 Å². The second kappa shape index (κ2) is 7.79. The van der Waals surface area contributed by atoms with Crippen LogP contribution < -0.4 is 0 Å². The van der Waals surface area contributed by atoms with Gasteiger partial charge < -0.3 is 9.47 Å². The summed E-state index contributed by atoms with van der Waals surface area (Å²) in [7, 11) is 0. The number of carbonyl (C=O) groups excluding carboxylic acids is 1. The number of esters is 1. The predicted octanol–water partition coefficient (Wildman–Crippen LogP) is 3.75. The predicted molar refractivity (Wildman–Crippen MR) is 83.8 cm³/mol. The molecule has 2 aliphatic carbocycles. The van der Waals surface area contributed by atoms with E-state index in [0.29, 0.717) is 18.8 Å². The Hall–Kier alpha value is -1.09. The first-order valence-corrected chi connectivity index (χ1v) is 8.16. The van der Waals surface area contributed by atoms with Crippen molar-refractivity contribution in [2.24, 2.45) is 23.7 Å². The Bertz CT molecular complexity index is 399. The highest BCUT2D eigenvalue weighted by atomic mass is 16.5. The number of fused-ring (bicyclic) bond motifs is 1. The van der Waals surface area contributed by atoms with Crippen LogP contribution >= 0.6 is 0 Å². The maximum atomic E-state index is 11.2. The average Bonchev–Trinajstić information content (AvgIpc) is 3.02. The molecular weight excluding hydrogens is 264 g/mol. The number of hydrogen-bond acceptors (Lipinski definition) is 3. The van der Waals surface area contributed by atoms with Gasteiger partial charge in [0.25, 0.3) is 0 Å². The van der Waals surface area contributed by atoms with Gasteiger partial charge in [-0.1, -0.05) is 25.7 Å². The molecule has 0 N–H and O–H groups in total. The minimum absolute atomic E-state index is 0.311. The van der Waals surface area contributed by atoms with Crippen LogP contribution in [0.1, 0.15) is 39.5 Å². The molecule has 4 atom stereocenters. The Kier molecular flexibility index (Phi) is 6.04. The van der Waals surface area contributed by atoms with Gasteiger partial charge in [-0.15, -0.1) is 0 Å². The smallest absolute Gasteiger partial charge is 0.333 e. The van der Waals surface area contributed by atoms with Crippen LogP contribution in [0, 0.1) is 23.7 Å². The lowest BCUT2D eigenvalue weighted by Gasteiger charge is -2.17. The summed E-state index contributed by atoms with van der Waals surface area (Å²) in [5, 5.41) is 0. The van der Waals surface area contributed by atoms with Crippen LogP contribution in [-0.4, -0.2) is 25.8 Å². The molecule has 3 nitrogen and oxygen atoms in total. The molecule has 2 aliphatic rings. The van der Waals surface area contributed by atoms with E-state index < -0.39 is 0 Å². The molecule has 0 spiro atoms. The third-order valence-electron chi connectivity index (χ3n) is 4.86. The number of hydrogen-bond donors (Lipinski definition) is 0. The number of carbonyl (C=O) groups is 1. The van der Waals surface area contributed by atoms with Crippen molar-refractivity contribution in [2.75, 3.05) is 19.8 Å². The van der Waals surface area contributed by atoms with Crippen molar-refractivity contribution in [3.8, 4) is 0 Å². The molecule has 0 heterocycles. The summed E-state index contributed by atoms with van der Waals surface area (Å²) < 4.78 is 10.7. The van der Waals surface area contributed by atoms with Gasteiger partial charge in [0.1, 0.15) is 0 Å². The van der Waals surface area contributed by atoms with E-state index in [1.165, 1.54) is 12.8 Å². The number of rotatable bonds is 8. The fraction of sp³-hybridized carbons (Fsp3) is 0.722. The maximum Gasteiger partial charge on any atom is 0.333 e. The first-order valence-electron chi connectivity index (χ1n) is 8.16. The van der Waals surface area contributed by atoms with Gasteiger partial charge in [0.15, 0.2) is 0 Å². The van der Waals surface area contributed by atoms with Gasteiger partial charge in [-0.2, -0.15) is 0 Å². The van der Waals surface area contributed by atoms with E-state index in [2.05, 4.69) is 25.7 Å². The zero-order valence-electron chi connectivity index (χ0n) is 13.3. The molecule has 118 valence electrons. The largest absolute Gasteiger partial charge is 0.462 e. The van der Waals surface area contributed by atoms with Gasteiger partial charge in [-0.05, 0) is 49.9 Å². The van der Waals surface area contributed by atoms with E-state index in [4.69, 9.17) is 9.47 Å². The molecule has 0 amide bonds. The van der Waals surface area contributed by atoms with E-state index >= 15 is 0 Å². The van der Waals surface area contributed by atoms with Crippen LogP contribution in [0.2, 0.25) is 0 Å². The third kappa shape index (κ3) is 4.44. The summed E-state index contributed by atoms with van der Waals surface area (Å²) in [6.45, 7) is 9.50. The summed E-state index contributed by atoms with van der Waals surface area (Å²) >= 11 is 0. The SMILES string of the molecule is C=C(C)C(=O)OCCCOCCC1CC(C)C2CC=CC12. The summed E-state index contributed by atoms with van der Waals surface area (Å²) in [6.07, 6.45) is 9.31. The highest BCUT2D eigenvalue weighted by molar-refractivity contribution is 5.86. The van der Waals surface area contributed by atoms with Gasteiger partial charge in [-0.25, -0.2) is 4.79 Å². The Morgan fingerprint density at radius 1 is 1.33 bits per heavy atom. The molecule has 3 heteroatoms. The topological polar surface area (TPSA) is 35.5 Å². The van der Waals surface area contributed by atoms with Crippen LogP contribution in [0.15, 0.2) is 24.3 Å². The van der Waals surface area contributed by atoms with Gasteiger partial charge in [0.05, 0.1) is 6.61 Å². The summed E-state index contributed by atoms with van der Waals surface area (Å²) in [5.41, 5.74) is 0.449. The van der Waals surface area contributed by atoms with Crippen molar-refractivity contribution in [3.05, 3.63) is 24.3 Å². The molecule has 4 unspecified atom stereocenters. The van der Waals surface area contributed by atoms with Crippen LogP contribution in [-0.2, 0) is 14.3 Å². The first kappa shape index (κ1) is 16.3. The highest BCUT2D eigenvalue weighted by Crippen LogP contribution is 2.48. The van der Waals surface area contributed by atoms with E-state index in [1.807, 2.05) is 0 Å². The summed E-state index contributed by atoms with van der Waals surface area (Å²) in [4.78, 5) is 11.2. The van der Waals surface area contributed by atoms with Gasteiger partial charge in [0.2, 0.25) is 0 Å². The molecule has 1 fully saturated rings. The fourth-order valence-electron chi connectivity index (χ4n) is 3.72. The van der Waals surface area contributed by atoms with Crippen molar-refractivity contribution in [1.82, 2.24) is 0 Å². The fourth-order valence-corrected chi connectivity index (χ4v) is 3.72. The lowest BCUT2D eigenvalue weighted by Crippen LogP contribution is -2.13. The minimum atomic E-state index is -0.311. The second-order valence-corrected chi connectivity index (χ2v) is 6.55. The van der Waals surface area contributed by atoms with Crippen LogP contribution in [0.4, 0.5) is 0 Å². The summed E-state index contributed by atoms with van der Waals surface area (Å²) in [6, 6.07) is 0. The minimum Gasteiger partial charge on any atom is -0.462 e. The lowest BCUT2D eigenvalue weighted by molar-refractivity contribution is -0.139. The molecule has 1 saturated carbocycles. The van der Waals surface area contributed by atoms with Crippen molar-refractivity contribution in [1.29, 1.82) is 0 Å². The van der Waals surface area contributed by atoms with Crippen molar-refractivity contribution >= 4 is 5.97 Å². The number of ether oxygens (including phenoxy) is 2. The van der Waals surface area contributed by atoms with Crippen LogP contribution in [0.25, 0.3) is 0 Å². The Morgan fingerprint density at radius 3 is 2.90 bits per heavy atom. The second-order valence-electron chi connectivity index (χ2n) is 6.55. The zero-order chi connectivity index (χ0) is 15.2. The standard InChI is InChI=1S/C18H28O3/c1-13(2)18(19)21-10-5-9-20-11-8-15-12-14(3)16-6-4-7-17(15)16/h4,7,14-17H,1,5-6,8-12H2,2-3H3. The Labute approximate surface area is 128 Å². The monoisotopic (exact) mass is 292 g/mol. The molecule has 0 bridgehead atoms. The van der Waals surface area contributed by atoms with Crippen molar-refractivity contribution in [2.45, 2.75) is 39.5 Å². The van der Waals surface area contributed by atoms with Crippen molar-refractivity contribution < 1.29 is 14.3 Å². The number of allylic oxidation sites excluding steroid dienone is 2. The van der Waals surface area contributed by atoms with Gasteiger partial charge in [0, 0.05) is 25.2 Å². The summed E-state index contributed by atoms with van der Waals surface area (Å²) in [5.74, 6) is 3.02. The molecule has 21 heavy (non-hydrogen) atoms. The van der Waals surface area contributed by atoms with Gasteiger partial charge in [-0.3, -0.25) is 0 Å². The molecule has 0 radical (unpaired) electrons. The van der Waals surface area contributed by atoms with Crippen molar-refractivity contribution in [3.63, 3.8) is 0 Å². The Balaban J connectivity index is 1.52. The quantitative estimate of drug-likeness (QED) is 0.296. The van der Waals surface area contributed by atoms with Crippen LogP contribution in [0.3, 0.4) is 0 Å². The molecule has 0 aromatic heterocycles. The van der Waals surface area contributed by atoms with Gasteiger partial charge >= 0.3 is 5.97 Å². The first-order chi connectivity index (χ1) is 10.1. The Morgan fingerprint density at radius 2 is 2.14 bits per heavy atom. The zero-order valence-corrected chi connectivity index (χ0v) is 13.3. The normalized spacial score (nSPS) is 30.4.